The van der Waals surface area contributed by atoms with E-state index in [0.29, 0.717) is 6.54 Å². The van der Waals surface area contributed by atoms with Crippen molar-refractivity contribution in [3.8, 4) is 0 Å². The monoisotopic (exact) mass is 477 g/mol. The highest BCUT2D eigenvalue weighted by Crippen LogP contribution is 2.31. The summed E-state index contributed by atoms with van der Waals surface area (Å²) in [5.74, 6) is 0.641. The molecular formula is C25H28FN7S. The smallest absolute Gasteiger partial charge is 0.173 e. The Balaban J connectivity index is 1.42. The van der Waals surface area contributed by atoms with Crippen LogP contribution >= 0.6 is 11.3 Å². The molecule has 1 aliphatic heterocycles. The molecule has 9 heteroatoms. The van der Waals surface area contributed by atoms with Gasteiger partial charge in [0.2, 0.25) is 0 Å². The highest BCUT2D eigenvalue weighted by atomic mass is 32.1. The molecule has 1 atom stereocenters. The highest BCUT2D eigenvalue weighted by molar-refractivity contribution is 7.09. The predicted molar refractivity (Wildman–Crippen MR) is 134 cm³/mol. The molecule has 0 bridgehead atoms. The van der Waals surface area contributed by atoms with E-state index in [4.69, 9.17) is 0 Å². The average Bonchev–Trinajstić information content (AvgIpc) is 3.54. The van der Waals surface area contributed by atoms with Crippen LogP contribution in [0.3, 0.4) is 0 Å². The van der Waals surface area contributed by atoms with Gasteiger partial charge in [-0.05, 0) is 63.8 Å². The zero-order valence-electron chi connectivity index (χ0n) is 19.4. The summed E-state index contributed by atoms with van der Waals surface area (Å²) in [5, 5.41) is 14.9. The third-order valence-corrected chi connectivity index (χ3v) is 7.15. The number of thiophene rings is 1. The highest BCUT2D eigenvalue weighted by Gasteiger charge is 2.31. The van der Waals surface area contributed by atoms with E-state index in [1.807, 2.05) is 30.9 Å². The van der Waals surface area contributed by atoms with Gasteiger partial charge in [0, 0.05) is 56.5 Å². The number of tetrazole rings is 1. The molecule has 1 aliphatic rings. The number of piperazine rings is 1. The van der Waals surface area contributed by atoms with Crippen molar-refractivity contribution in [1.29, 1.82) is 0 Å². The number of nitrogens with zero attached hydrogens (tertiary/aromatic N) is 7. The Kier molecular flexibility index (Phi) is 6.55. The van der Waals surface area contributed by atoms with Crippen LogP contribution in [-0.4, -0.2) is 65.4 Å². The molecule has 176 valence electrons. The van der Waals surface area contributed by atoms with Crippen molar-refractivity contribution in [2.45, 2.75) is 12.6 Å². The molecule has 4 aromatic rings. The van der Waals surface area contributed by atoms with Crippen LogP contribution in [0.5, 0.6) is 0 Å². The predicted octanol–water partition coefficient (Wildman–Crippen LogP) is 3.90. The maximum atomic E-state index is 13.4. The van der Waals surface area contributed by atoms with Crippen LogP contribution in [0.25, 0.3) is 0 Å². The second-order valence-corrected chi connectivity index (χ2v) is 9.69. The summed E-state index contributed by atoms with van der Waals surface area (Å²) in [6.07, 6.45) is 0. The molecule has 5 rings (SSSR count). The molecular weight excluding hydrogens is 449 g/mol. The van der Waals surface area contributed by atoms with Crippen molar-refractivity contribution in [2.75, 3.05) is 50.1 Å². The fourth-order valence-electron chi connectivity index (χ4n) is 4.44. The third kappa shape index (κ3) is 4.80. The fourth-order valence-corrected chi connectivity index (χ4v) is 5.12. The van der Waals surface area contributed by atoms with Gasteiger partial charge in [-0.1, -0.05) is 18.2 Å². The summed E-state index contributed by atoms with van der Waals surface area (Å²) < 4.78 is 15.3. The van der Waals surface area contributed by atoms with E-state index >= 15 is 0 Å². The first-order valence-electron chi connectivity index (χ1n) is 11.4. The molecule has 2 aromatic carbocycles. The van der Waals surface area contributed by atoms with Gasteiger partial charge >= 0.3 is 0 Å². The molecule has 0 N–H and O–H groups in total. The van der Waals surface area contributed by atoms with E-state index in [1.54, 1.807) is 11.3 Å². The average molecular weight is 478 g/mol. The molecule has 1 fully saturated rings. The lowest BCUT2D eigenvalue weighted by atomic mass is 10.0. The summed E-state index contributed by atoms with van der Waals surface area (Å²) in [4.78, 5) is 8.07. The van der Waals surface area contributed by atoms with Crippen molar-refractivity contribution in [1.82, 2.24) is 25.1 Å². The first-order valence-corrected chi connectivity index (χ1v) is 12.3. The lowest BCUT2D eigenvalue weighted by molar-refractivity contribution is 0.201. The maximum absolute atomic E-state index is 13.4. The lowest BCUT2D eigenvalue weighted by Gasteiger charge is -2.40. The first kappa shape index (κ1) is 22.5. The Hall–Kier alpha value is -3.30. The Morgan fingerprint density at radius 3 is 2.35 bits per heavy atom. The second kappa shape index (κ2) is 9.90. The first-order chi connectivity index (χ1) is 16.6. The molecule has 0 aliphatic carbocycles. The minimum Gasteiger partial charge on any atom is -0.378 e. The number of halogens is 1. The molecule has 0 spiro atoms. The van der Waals surface area contributed by atoms with Crippen molar-refractivity contribution < 1.29 is 4.39 Å². The van der Waals surface area contributed by atoms with Gasteiger partial charge < -0.3 is 9.80 Å². The summed E-state index contributed by atoms with van der Waals surface area (Å²) in [5.41, 5.74) is 3.38. The van der Waals surface area contributed by atoms with E-state index in [1.165, 1.54) is 22.6 Å². The molecule has 1 saturated heterocycles. The molecule has 34 heavy (non-hydrogen) atoms. The van der Waals surface area contributed by atoms with E-state index < -0.39 is 0 Å². The second-order valence-electron chi connectivity index (χ2n) is 8.66. The van der Waals surface area contributed by atoms with Crippen LogP contribution in [0.2, 0.25) is 0 Å². The van der Waals surface area contributed by atoms with Gasteiger partial charge in [0.05, 0.1) is 12.6 Å². The zero-order valence-corrected chi connectivity index (χ0v) is 20.2. The number of hydrogen-bond donors (Lipinski definition) is 0. The standard InChI is InChI=1S/C25H28FN7S/c1-30(2)21-9-5-19(6-10-21)24(25-27-28-29-33(25)18-23-4-3-17-34-23)32-15-13-31(14-16-32)22-11-7-20(26)8-12-22/h3-12,17,24H,13-16,18H2,1-2H3/t24-/m0/s1. The van der Waals surface area contributed by atoms with Crippen LogP contribution < -0.4 is 9.80 Å². The molecule has 0 amide bonds. The van der Waals surface area contributed by atoms with Crippen molar-refractivity contribution in [2.24, 2.45) is 0 Å². The molecule has 0 saturated carbocycles. The molecule has 0 radical (unpaired) electrons. The van der Waals surface area contributed by atoms with Gasteiger partial charge in [-0.2, -0.15) is 0 Å². The summed E-state index contributed by atoms with van der Waals surface area (Å²) in [7, 11) is 4.09. The number of aromatic nitrogens is 4. The molecule has 2 aromatic heterocycles. The van der Waals surface area contributed by atoms with E-state index in [9.17, 15) is 4.39 Å². The minimum atomic E-state index is -0.207. The van der Waals surface area contributed by atoms with Gasteiger partial charge in [-0.25, -0.2) is 9.07 Å². The van der Waals surface area contributed by atoms with Gasteiger partial charge in [-0.15, -0.1) is 16.4 Å². The van der Waals surface area contributed by atoms with E-state index in [-0.39, 0.29) is 11.9 Å². The van der Waals surface area contributed by atoms with Crippen molar-refractivity contribution in [3.05, 3.63) is 88.1 Å². The van der Waals surface area contributed by atoms with Gasteiger partial charge in [0.1, 0.15) is 5.82 Å². The van der Waals surface area contributed by atoms with Crippen molar-refractivity contribution in [3.63, 3.8) is 0 Å². The number of benzene rings is 2. The topological polar surface area (TPSA) is 53.3 Å². The van der Waals surface area contributed by atoms with Crippen LogP contribution in [0.4, 0.5) is 15.8 Å². The Morgan fingerprint density at radius 2 is 1.71 bits per heavy atom. The molecule has 3 heterocycles. The Bertz CT molecular complexity index is 1180. The Labute approximate surface area is 203 Å². The van der Waals surface area contributed by atoms with E-state index in [0.717, 1.165) is 43.4 Å². The SMILES string of the molecule is CN(C)c1ccc([C@@H](c2nnnn2Cc2cccs2)N2CCN(c3ccc(F)cc3)CC2)cc1. The van der Waals surface area contributed by atoms with Crippen LogP contribution in [0, 0.1) is 5.82 Å². The minimum absolute atomic E-state index is 0.0541. The van der Waals surface area contributed by atoms with Gasteiger partial charge in [0.15, 0.2) is 5.82 Å². The summed E-state index contributed by atoms with van der Waals surface area (Å²) in [6.45, 7) is 4.06. The lowest BCUT2D eigenvalue weighted by Crippen LogP contribution is -2.48. The van der Waals surface area contributed by atoms with Gasteiger partial charge in [0.25, 0.3) is 0 Å². The Morgan fingerprint density at radius 1 is 0.971 bits per heavy atom. The summed E-state index contributed by atoms with van der Waals surface area (Å²) in [6, 6.07) is 19.5. The quantitative estimate of drug-likeness (QED) is 0.403. The molecule has 7 nitrogen and oxygen atoms in total. The zero-order chi connectivity index (χ0) is 23.5. The molecule has 0 unspecified atom stereocenters. The number of anilines is 2. The fraction of sp³-hybridized carbons (Fsp3) is 0.320. The van der Waals surface area contributed by atoms with Crippen molar-refractivity contribution >= 4 is 22.7 Å². The van der Waals surface area contributed by atoms with Gasteiger partial charge in [-0.3, -0.25) is 4.90 Å². The number of rotatable bonds is 7. The van der Waals surface area contributed by atoms with E-state index in [2.05, 4.69) is 72.0 Å². The largest absolute Gasteiger partial charge is 0.378 e. The van der Waals surface area contributed by atoms with Crippen LogP contribution in [0.15, 0.2) is 66.0 Å². The number of hydrogen-bond acceptors (Lipinski definition) is 7. The normalized spacial score (nSPS) is 15.4. The van der Waals surface area contributed by atoms with Crippen LogP contribution in [0.1, 0.15) is 22.3 Å². The summed E-state index contributed by atoms with van der Waals surface area (Å²) >= 11 is 1.71. The third-order valence-electron chi connectivity index (χ3n) is 6.29. The van der Waals surface area contributed by atoms with Crippen LogP contribution in [-0.2, 0) is 6.54 Å². The maximum Gasteiger partial charge on any atom is 0.173 e.